The number of pyridine rings is 1. The Bertz CT molecular complexity index is 623. The number of hydrogen-bond donors (Lipinski definition) is 0. The van der Waals surface area contributed by atoms with Gasteiger partial charge in [0, 0.05) is 32.0 Å². The topological polar surface area (TPSA) is 57.7 Å². The minimum absolute atomic E-state index is 0.612. The van der Waals surface area contributed by atoms with Crippen LogP contribution in [0.15, 0.2) is 24.4 Å². The van der Waals surface area contributed by atoms with E-state index in [-0.39, 0.29) is 0 Å². The summed E-state index contributed by atoms with van der Waals surface area (Å²) in [6, 6.07) is 7.83. The summed E-state index contributed by atoms with van der Waals surface area (Å²) in [7, 11) is 1.96. The van der Waals surface area contributed by atoms with Crippen LogP contribution in [0.3, 0.4) is 0 Å². The molecule has 0 radical (unpaired) electrons. The van der Waals surface area contributed by atoms with E-state index in [2.05, 4.69) is 29.1 Å². The molecule has 0 amide bonds. The summed E-state index contributed by atoms with van der Waals surface area (Å²) in [5.41, 5.74) is 2.84. The van der Waals surface area contributed by atoms with Crippen LogP contribution in [0.4, 0.5) is 5.82 Å². The molecular formula is C15H19N5. The lowest BCUT2D eigenvalue weighted by Gasteiger charge is -2.19. The molecule has 0 spiro atoms. The summed E-state index contributed by atoms with van der Waals surface area (Å²) >= 11 is 0. The van der Waals surface area contributed by atoms with Gasteiger partial charge in [-0.05, 0) is 38.5 Å². The third-order valence-corrected chi connectivity index (χ3v) is 3.24. The number of aromatic nitrogens is 3. The largest absolute Gasteiger partial charge is 0.359 e. The second kappa shape index (κ2) is 6.20. The van der Waals surface area contributed by atoms with Crippen LogP contribution in [0.1, 0.15) is 23.4 Å². The molecule has 0 N–H and O–H groups in total. The van der Waals surface area contributed by atoms with E-state index in [1.807, 2.05) is 23.6 Å². The van der Waals surface area contributed by atoms with Crippen molar-refractivity contribution in [2.45, 2.75) is 26.8 Å². The van der Waals surface area contributed by atoms with Gasteiger partial charge in [0.15, 0.2) is 0 Å². The van der Waals surface area contributed by atoms with E-state index in [9.17, 15) is 0 Å². The molecule has 0 fully saturated rings. The van der Waals surface area contributed by atoms with Crippen LogP contribution in [-0.4, -0.2) is 28.4 Å². The minimum Gasteiger partial charge on any atom is -0.359 e. The van der Waals surface area contributed by atoms with Crippen molar-refractivity contribution < 1.29 is 0 Å². The highest BCUT2D eigenvalue weighted by Crippen LogP contribution is 2.14. The summed E-state index contributed by atoms with van der Waals surface area (Å²) in [5.74, 6) is 0.739. The van der Waals surface area contributed by atoms with E-state index in [0.29, 0.717) is 5.56 Å². The molecule has 0 aliphatic rings. The Morgan fingerprint density at radius 2 is 2.20 bits per heavy atom. The number of aryl methyl sites for hydroxylation is 3. The normalized spacial score (nSPS) is 10.3. The Morgan fingerprint density at radius 1 is 1.40 bits per heavy atom. The lowest BCUT2D eigenvalue weighted by atomic mass is 10.2. The molecule has 0 saturated heterocycles. The first kappa shape index (κ1) is 14.1. The van der Waals surface area contributed by atoms with E-state index in [1.165, 1.54) is 5.69 Å². The van der Waals surface area contributed by atoms with Gasteiger partial charge in [-0.25, -0.2) is 4.98 Å². The highest BCUT2D eigenvalue weighted by Gasteiger charge is 2.08. The smallest absolute Gasteiger partial charge is 0.146 e. The van der Waals surface area contributed by atoms with Crippen LogP contribution in [0.5, 0.6) is 0 Å². The summed E-state index contributed by atoms with van der Waals surface area (Å²) in [6.07, 6.45) is 2.67. The Morgan fingerprint density at radius 3 is 2.85 bits per heavy atom. The van der Waals surface area contributed by atoms with E-state index >= 15 is 0 Å². The second-order valence-corrected chi connectivity index (χ2v) is 4.91. The number of nitriles is 1. The maximum Gasteiger partial charge on any atom is 0.146 e. The van der Waals surface area contributed by atoms with E-state index < -0.39 is 0 Å². The van der Waals surface area contributed by atoms with Gasteiger partial charge in [0.1, 0.15) is 11.9 Å². The monoisotopic (exact) mass is 269 g/mol. The molecule has 0 unspecified atom stereocenters. The average molecular weight is 269 g/mol. The fourth-order valence-electron chi connectivity index (χ4n) is 2.25. The molecule has 2 heterocycles. The Hall–Kier alpha value is -2.35. The van der Waals surface area contributed by atoms with Crippen molar-refractivity contribution in [1.29, 1.82) is 5.26 Å². The van der Waals surface area contributed by atoms with Gasteiger partial charge in [0.25, 0.3) is 0 Å². The molecule has 5 nitrogen and oxygen atoms in total. The first-order valence-corrected chi connectivity index (χ1v) is 6.69. The number of hydrogen-bond acceptors (Lipinski definition) is 4. The summed E-state index contributed by atoms with van der Waals surface area (Å²) in [6.45, 7) is 5.78. The molecule has 104 valence electrons. The summed E-state index contributed by atoms with van der Waals surface area (Å²) in [5, 5.41) is 13.5. The molecule has 5 heteroatoms. The molecule has 0 atom stereocenters. The minimum atomic E-state index is 0.612. The number of rotatable bonds is 5. The maximum atomic E-state index is 9.08. The van der Waals surface area contributed by atoms with Gasteiger partial charge < -0.3 is 4.90 Å². The van der Waals surface area contributed by atoms with Crippen molar-refractivity contribution in [1.82, 2.24) is 14.8 Å². The zero-order chi connectivity index (χ0) is 14.5. The average Bonchev–Trinajstić information content (AvgIpc) is 2.77. The van der Waals surface area contributed by atoms with Crippen molar-refractivity contribution in [2.75, 3.05) is 18.5 Å². The molecule has 2 rings (SSSR count). The zero-order valence-corrected chi connectivity index (χ0v) is 12.2. The Kier molecular flexibility index (Phi) is 4.36. The van der Waals surface area contributed by atoms with Crippen molar-refractivity contribution in [3.63, 3.8) is 0 Å². The van der Waals surface area contributed by atoms with Crippen LogP contribution in [0.2, 0.25) is 0 Å². The molecule has 20 heavy (non-hydrogen) atoms. The molecule has 2 aromatic heterocycles. The van der Waals surface area contributed by atoms with Crippen molar-refractivity contribution in [3.8, 4) is 6.07 Å². The Labute approximate surface area is 119 Å². The molecule has 0 bridgehead atoms. The lowest BCUT2D eigenvalue weighted by molar-refractivity contribution is 0.561. The van der Waals surface area contributed by atoms with Crippen LogP contribution < -0.4 is 4.90 Å². The van der Waals surface area contributed by atoms with Crippen molar-refractivity contribution >= 4 is 5.82 Å². The summed E-state index contributed by atoms with van der Waals surface area (Å²) < 4.78 is 2.02. The zero-order valence-electron chi connectivity index (χ0n) is 12.2. The van der Waals surface area contributed by atoms with E-state index in [0.717, 1.165) is 31.0 Å². The second-order valence-electron chi connectivity index (χ2n) is 4.91. The number of anilines is 1. The van der Waals surface area contributed by atoms with E-state index in [1.54, 1.807) is 18.3 Å². The molecule has 2 aromatic rings. The first-order chi connectivity index (χ1) is 9.61. The highest BCUT2D eigenvalue weighted by molar-refractivity contribution is 5.52. The Balaban J connectivity index is 1.94. The number of nitrogens with zero attached hydrogens (tertiary/aromatic N) is 5. The van der Waals surface area contributed by atoms with Crippen LogP contribution >= 0.6 is 0 Å². The van der Waals surface area contributed by atoms with Crippen LogP contribution in [-0.2, 0) is 6.54 Å². The maximum absolute atomic E-state index is 9.08. The van der Waals surface area contributed by atoms with Crippen molar-refractivity contribution in [3.05, 3.63) is 41.3 Å². The fraction of sp³-hybridized carbons (Fsp3) is 0.400. The predicted octanol–water partition coefficient (Wildman–Crippen LogP) is 2.29. The van der Waals surface area contributed by atoms with Crippen molar-refractivity contribution in [2.24, 2.45) is 0 Å². The van der Waals surface area contributed by atoms with Gasteiger partial charge >= 0.3 is 0 Å². The molecule has 0 aliphatic heterocycles. The molecule has 0 aromatic carbocycles. The predicted molar refractivity (Wildman–Crippen MR) is 78.5 cm³/mol. The SMILES string of the molecule is Cc1cc(C)n(CCCN(C)c2ncccc2C#N)n1. The van der Waals surface area contributed by atoms with Gasteiger partial charge in [-0.2, -0.15) is 10.4 Å². The van der Waals surface area contributed by atoms with Gasteiger partial charge in [-0.15, -0.1) is 0 Å². The summed E-state index contributed by atoms with van der Waals surface area (Å²) in [4.78, 5) is 6.30. The molecule has 0 saturated carbocycles. The van der Waals surface area contributed by atoms with E-state index in [4.69, 9.17) is 5.26 Å². The van der Waals surface area contributed by atoms with Gasteiger partial charge in [0.2, 0.25) is 0 Å². The van der Waals surface area contributed by atoms with Crippen LogP contribution in [0.25, 0.3) is 0 Å². The van der Waals surface area contributed by atoms with Gasteiger partial charge in [-0.1, -0.05) is 0 Å². The highest BCUT2D eigenvalue weighted by atomic mass is 15.3. The van der Waals surface area contributed by atoms with Gasteiger partial charge in [-0.3, -0.25) is 4.68 Å². The van der Waals surface area contributed by atoms with Gasteiger partial charge in [0.05, 0.1) is 11.3 Å². The fourth-order valence-corrected chi connectivity index (χ4v) is 2.25. The third kappa shape index (κ3) is 3.15. The standard InChI is InChI=1S/C15H19N5/c1-12-10-13(2)20(18-12)9-5-8-19(3)15-14(11-16)6-4-7-17-15/h4,6-7,10H,5,8-9H2,1-3H3. The molecular weight excluding hydrogens is 250 g/mol. The lowest BCUT2D eigenvalue weighted by Crippen LogP contribution is -2.22. The first-order valence-electron chi connectivity index (χ1n) is 6.69. The van der Waals surface area contributed by atoms with Crippen LogP contribution in [0, 0.1) is 25.2 Å². The third-order valence-electron chi connectivity index (χ3n) is 3.24. The quantitative estimate of drug-likeness (QED) is 0.835. The molecule has 0 aliphatic carbocycles.